The molecule has 186 valence electrons. The Morgan fingerprint density at radius 2 is 1.49 bits per heavy atom. The molecule has 0 spiro atoms. The van der Waals surface area contributed by atoms with Gasteiger partial charge in [0.05, 0.1) is 10.6 Å². The summed E-state index contributed by atoms with van der Waals surface area (Å²) in [7, 11) is -4.04. The van der Waals surface area contributed by atoms with Crippen LogP contribution in [0.5, 0.6) is 0 Å². The van der Waals surface area contributed by atoms with Gasteiger partial charge >= 0.3 is 0 Å². The van der Waals surface area contributed by atoms with Crippen molar-refractivity contribution in [2.75, 3.05) is 16.2 Å². The highest BCUT2D eigenvalue weighted by Gasteiger charge is 2.26. The van der Waals surface area contributed by atoms with Gasteiger partial charge in [0.25, 0.3) is 15.9 Å². The highest BCUT2D eigenvalue weighted by atomic mass is 35.5. The van der Waals surface area contributed by atoms with E-state index in [1.807, 2.05) is 18.2 Å². The molecule has 0 saturated carbocycles. The van der Waals surface area contributed by atoms with Gasteiger partial charge in [-0.15, -0.1) is 0 Å². The molecule has 0 saturated heterocycles. The maximum atomic E-state index is 13.4. The van der Waals surface area contributed by atoms with Gasteiger partial charge in [0.2, 0.25) is 0 Å². The molecule has 0 radical (unpaired) electrons. The van der Waals surface area contributed by atoms with E-state index in [1.165, 1.54) is 24.3 Å². The fraction of sp³-hybridized carbons (Fsp3) is 0.103. The third-order valence-corrected chi connectivity index (χ3v) is 7.85. The van der Waals surface area contributed by atoms with Crippen LogP contribution in [0.2, 0.25) is 5.02 Å². The van der Waals surface area contributed by atoms with Gasteiger partial charge in [-0.2, -0.15) is 0 Å². The summed E-state index contributed by atoms with van der Waals surface area (Å²) in [5.74, 6) is -0.471. The first kappa shape index (κ1) is 24.7. The number of halogens is 1. The zero-order valence-electron chi connectivity index (χ0n) is 19.7. The quantitative estimate of drug-likeness (QED) is 0.311. The molecular weight excluding hydrogens is 508 g/mol. The largest absolute Gasteiger partial charge is 0.308 e. The average Bonchev–Trinajstić information content (AvgIpc) is 2.93. The molecule has 1 amide bonds. The molecule has 8 heteroatoms. The Bertz CT molecular complexity index is 1590. The zero-order valence-corrected chi connectivity index (χ0v) is 21.3. The fourth-order valence-electron chi connectivity index (χ4n) is 4.43. The van der Waals surface area contributed by atoms with Crippen LogP contribution in [0.3, 0.4) is 0 Å². The van der Waals surface area contributed by atoms with E-state index in [4.69, 9.17) is 11.6 Å². The van der Waals surface area contributed by atoms with Crippen molar-refractivity contribution in [2.24, 2.45) is 0 Å². The van der Waals surface area contributed by atoms with Crippen LogP contribution >= 0.6 is 11.6 Å². The normalized spacial score (nSPS) is 13.1. The van der Waals surface area contributed by atoms with Gasteiger partial charge in [0.15, 0.2) is 5.78 Å². The number of benzene rings is 4. The Hall–Kier alpha value is -3.94. The van der Waals surface area contributed by atoms with E-state index in [1.54, 1.807) is 59.5 Å². The number of hydrogen-bond donors (Lipinski definition) is 1. The lowest BCUT2D eigenvalue weighted by Crippen LogP contribution is -2.35. The summed E-state index contributed by atoms with van der Waals surface area (Å²) < 4.78 is 29.3. The number of nitrogens with one attached hydrogen (secondary N) is 1. The number of rotatable bonds is 6. The second-order valence-corrected chi connectivity index (χ2v) is 10.8. The van der Waals surface area contributed by atoms with Crippen molar-refractivity contribution < 1.29 is 18.0 Å². The van der Waals surface area contributed by atoms with Crippen molar-refractivity contribution in [1.82, 2.24) is 0 Å². The Morgan fingerprint density at radius 3 is 2.19 bits per heavy atom. The Kier molecular flexibility index (Phi) is 6.82. The maximum Gasteiger partial charge on any atom is 0.261 e. The van der Waals surface area contributed by atoms with Crippen LogP contribution < -0.4 is 9.62 Å². The van der Waals surface area contributed by atoms with Gasteiger partial charge in [-0.25, -0.2) is 8.42 Å². The van der Waals surface area contributed by atoms with Gasteiger partial charge in [0, 0.05) is 33.9 Å². The summed E-state index contributed by atoms with van der Waals surface area (Å²) in [6, 6.07) is 26.8. The van der Waals surface area contributed by atoms with Crippen LogP contribution in [0.25, 0.3) is 0 Å². The van der Waals surface area contributed by atoms with Crippen molar-refractivity contribution in [3.63, 3.8) is 0 Å². The van der Waals surface area contributed by atoms with Crippen LogP contribution in [-0.4, -0.2) is 26.7 Å². The summed E-state index contributed by atoms with van der Waals surface area (Å²) in [4.78, 5) is 27.9. The van der Waals surface area contributed by atoms with Crippen molar-refractivity contribution >= 4 is 44.7 Å². The molecule has 4 aromatic rings. The number of ketones is 1. The number of fused-ring (bicyclic) bond motifs is 1. The van der Waals surface area contributed by atoms with Gasteiger partial charge in [-0.05, 0) is 66.9 Å². The number of anilines is 2. The predicted octanol–water partition coefficient (Wildman–Crippen LogP) is 5.96. The number of nitrogens with zero attached hydrogens (tertiary/aromatic N) is 1. The molecule has 1 N–H and O–H groups in total. The van der Waals surface area contributed by atoms with E-state index in [-0.39, 0.29) is 27.8 Å². The van der Waals surface area contributed by atoms with Crippen molar-refractivity contribution in [1.29, 1.82) is 0 Å². The first-order chi connectivity index (χ1) is 17.8. The Morgan fingerprint density at radius 1 is 0.811 bits per heavy atom. The molecule has 0 bridgehead atoms. The molecule has 0 aromatic heterocycles. The molecule has 1 heterocycles. The minimum Gasteiger partial charge on any atom is -0.308 e. The summed E-state index contributed by atoms with van der Waals surface area (Å²) in [5.41, 5.74) is 2.76. The molecule has 1 aliphatic rings. The molecule has 0 unspecified atom stereocenters. The molecule has 5 rings (SSSR count). The number of amides is 1. The third-order valence-electron chi connectivity index (χ3n) is 6.25. The smallest absolute Gasteiger partial charge is 0.261 e. The van der Waals surface area contributed by atoms with E-state index in [0.29, 0.717) is 34.8 Å². The summed E-state index contributed by atoms with van der Waals surface area (Å²) in [6.45, 7) is 0.556. The molecule has 37 heavy (non-hydrogen) atoms. The molecule has 0 fully saturated rings. The first-order valence-electron chi connectivity index (χ1n) is 11.8. The van der Waals surface area contributed by atoms with Crippen LogP contribution in [-0.2, 0) is 16.4 Å². The number of sulfonamides is 1. The SMILES string of the molecule is O=C(c1ccccc1)c1cc(Cl)ccc1NS(=O)(=O)c1ccc2c(c1)CCCN2C(=O)c1ccccc1. The van der Waals surface area contributed by atoms with Gasteiger partial charge < -0.3 is 4.90 Å². The molecule has 6 nitrogen and oxygen atoms in total. The van der Waals surface area contributed by atoms with E-state index in [2.05, 4.69) is 4.72 Å². The van der Waals surface area contributed by atoms with Crippen molar-refractivity contribution in [3.8, 4) is 0 Å². The van der Waals surface area contributed by atoms with Gasteiger partial charge in [-0.3, -0.25) is 14.3 Å². The number of carbonyl (C=O) groups is 2. The number of carbonyl (C=O) groups excluding carboxylic acids is 2. The lowest BCUT2D eigenvalue weighted by molar-refractivity contribution is 0.0984. The fourth-order valence-corrected chi connectivity index (χ4v) is 5.73. The number of aryl methyl sites for hydroxylation is 1. The second-order valence-electron chi connectivity index (χ2n) is 8.71. The Balaban J connectivity index is 1.45. The second kappa shape index (κ2) is 10.2. The zero-order chi connectivity index (χ0) is 26.0. The van der Waals surface area contributed by atoms with E-state index < -0.39 is 10.0 Å². The van der Waals surface area contributed by atoms with Gasteiger partial charge in [0.1, 0.15) is 0 Å². The molecule has 1 aliphatic heterocycles. The van der Waals surface area contributed by atoms with Crippen LogP contribution in [0.1, 0.15) is 38.3 Å². The Labute approximate surface area is 220 Å². The lowest BCUT2D eigenvalue weighted by Gasteiger charge is -2.30. The lowest BCUT2D eigenvalue weighted by atomic mass is 10.0. The topological polar surface area (TPSA) is 83.6 Å². The standard InChI is InChI=1S/C29H23ClN2O4S/c30-23-13-15-26(25(19-23)28(33)20-8-3-1-4-9-20)31-37(35,36)24-14-16-27-22(18-24)12-7-17-32(27)29(34)21-10-5-2-6-11-21/h1-6,8-11,13-16,18-19,31H,7,12,17H2. The predicted molar refractivity (Wildman–Crippen MR) is 145 cm³/mol. The van der Waals surface area contributed by atoms with E-state index >= 15 is 0 Å². The molecule has 0 aliphatic carbocycles. The molecular formula is C29H23ClN2O4S. The van der Waals surface area contributed by atoms with E-state index in [9.17, 15) is 18.0 Å². The van der Waals surface area contributed by atoms with Crippen LogP contribution in [0, 0.1) is 0 Å². The van der Waals surface area contributed by atoms with Gasteiger partial charge in [-0.1, -0.05) is 60.1 Å². The highest BCUT2D eigenvalue weighted by Crippen LogP contribution is 2.32. The highest BCUT2D eigenvalue weighted by molar-refractivity contribution is 7.92. The first-order valence-corrected chi connectivity index (χ1v) is 13.6. The van der Waals surface area contributed by atoms with Crippen molar-refractivity contribution in [3.05, 3.63) is 124 Å². The third kappa shape index (κ3) is 5.14. The minimum atomic E-state index is -4.04. The van der Waals surface area contributed by atoms with Crippen molar-refractivity contribution in [2.45, 2.75) is 17.7 Å². The summed E-state index contributed by atoms with van der Waals surface area (Å²) in [5, 5.41) is 0.319. The monoisotopic (exact) mass is 530 g/mol. The maximum absolute atomic E-state index is 13.4. The summed E-state index contributed by atoms with van der Waals surface area (Å²) in [6.07, 6.45) is 1.37. The molecule has 4 aromatic carbocycles. The minimum absolute atomic E-state index is 0.0494. The number of hydrogen-bond acceptors (Lipinski definition) is 4. The van der Waals surface area contributed by atoms with E-state index in [0.717, 1.165) is 12.0 Å². The summed E-state index contributed by atoms with van der Waals surface area (Å²) >= 11 is 6.14. The van der Waals surface area contributed by atoms with Crippen LogP contribution in [0.4, 0.5) is 11.4 Å². The molecule has 0 atom stereocenters. The average molecular weight is 531 g/mol. The van der Waals surface area contributed by atoms with Crippen LogP contribution in [0.15, 0.2) is 102 Å².